The normalized spacial score (nSPS) is 16.6. The molecule has 148 valence electrons. The van der Waals surface area contributed by atoms with E-state index in [9.17, 15) is 0 Å². The van der Waals surface area contributed by atoms with Gasteiger partial charge in [0.25, 0.3) is 0 Å². The summed E-state index contributed by atoms with van der Waals surface area (Å²) in [6.07, 6.45) is 8.92. The van der Waals surface area contributed by atoms with E-state index in [4.69, 9.17) is 13.8 Å². The second-order valence-electron chi connectivity index (χ2n) is 6.64. The van der Waals surface area contributed by atoms with Gasteiger partial charge in [-0.2, -0.15) is 11.8 Å². The number of nitrogens with one attached hydrogen (secondary N) is 2. The first-order valence-corrected chi connectivity index (χ1v) is 11.1. The Morgan fingerprint density at radius 2 is 1.93 bits per heavy atom. The van der Waals surface area contributed by atoms with Crippen LogP contribution in [0.3, 0.4) is 0 Å². The minimum absolute atomic E-state index is 0.201. The van der Waals surface area contributed by atoms with Gasteiger partial charge in [-0.1, -0.05) is 0 Å². The SMILES string of the molecule is CSCCNC(=NCC(c1ccco1)N1CCCC1)NCCc1ccco1. The molecule has 0 amide bonds. The van der Waals surface area contributed by atoms with Gasteiger partial charge < -0.3 is 19.5 Å². The molecule has 0 aliphatic carbocycles. The first kappa shape index (κ1) is 19.9. The maximum absolute atomic E-state index is 5.70. The van der Waals surface area contributed by atoms with Crippen LogP contribution in [-0.2, 0) is 6.42 Å². The summed E-state index contributed by atoms with van der Waals surface area (Å²) >= 11 is 1.82. The van der Waals surface area contributed by atoms with Crippen LogP contribution in [0, 0.1) is 0 Å². The van der Waals surface area contributed by atoms with Crippen molar-refractivity contribution in [1.82, 2.24) is 15.5 Å². The summed E-state index contributed by atoms with van der Waals surface area (Å²) in [5.74, 6) is 3.88. The third-order valence-corrected chi connectivity index (χ3v) is 5.33. The molecule has 3 rings (SSSR count). The highest BCUT2D eigenvalue weighted by atomic mass is 32.2. The minimum atomic E-state index is 0.201. The maximum Gasteiger partial charge on any atom is 0.191 e. The number of hydrogen-bond acceptors (Lipinski definition) is 5. The van der Waals surface area contributed by atoms with Gasteiger partial charge in [-0.05, 0) is 56.5 Å². The first-order valence-electron chi connectivity index (χ1n) is 9.68. The van der Waals surface area contributed by atoms with Crippen molar-refractivity contribution in [2.24, 2.45) is 4.99 Å². The highest BCUT2D eigenvalue weighted by Crippen LogP contribution is 2.25. The molecule has 1 atom stereocenters. The van der Waals surface area contributed by atoms with E-state index >= 15 is 0 Å². The Morgan fingerprint density at radius 1 is 1.15 bits per heavy atom. The van der Waals surface area contributed by atoms with Gasteiger partial charge in [0.1, 0.15) is 11.5 Å². The highest BCUT2D eigenvalue weighted by Gasteiger charge is 2.25. The molecule has 0 radical (unpaired) electrons. The lowest BCUT2D eigenvalue weighted by Gasteiger charge is -2.24. The van der Waals surface area contributed by atoms with Crippen LogP contribution < -0.4 is 10.6 Å². The fraction of sp³-hybridized carbons (Fsp3) is 0.550. The Morgan fingerprint density at radius 3 is 2.63 bits per heavy atom. The average Bonchev–Trinajstić information content (AvgIpc) is 3.45. The molecule has 7 heteroatoms. The van der Waals surface area contributed by atoms with Gasteiger partial charge in [-0.3, -0.25) is 9.89 Å². The van der Waals surface area contributed by atoms with E-state index in [0.717, 1.165) is 55.8 Å². The summed E-state index contributed by atoms with van der Waals surface area (Å²) < 4.78 is 11.1. The lowest BCUT2D eigenvalue weighted by molar-refractivity contribution is 0.221. The summed E-state index contributed by atoms with van der Waals surface area (Å²) in [5, 5.41) is 6.86. The third-order valence-electron chi connectivity index (χ3n) is 4.72. The molecule has 27 heavy (non-hydrogen) atoms. The van der Waals surface area contributed by atoms with E-state index in [1.807, 2.05) is 30.0 Å². The molecule has 6 nitrogen and oxygen atoms in total. The number of guanidine groups is 1. The van der Waals surface area contributed by atoms with E-state index in [1.165, 1.54) is 12.8 Å². The van der Waals surface area contributed by atoms with Gasteiger partial charge in [0.2, 0.25) is 0 Å². The Balaban J connectivity index is 1.60. The molecule has 0 saturated carbocycles. The fourth-order valence-electron chi connectivity index (χ4n) is 3.30. The van der Waals surface area contributed by atoms with Crippen molar-refractivity contribution in [2.45, 2.75) is 25.3 Å². The van der Waals surface area contributed by atoms with Crippen molar-refractivity contribution >= 4 is 17.7 Å². The standard InChI is InChI=1S/C20H30N4O2S/c1-27-15-10-22-20(21-9-8-17-6-4-13-25-17)23-16-18(19-7-5-14-26-19)24-11-2-3-12-24/h4-7,13-14,18H,2-3,8-12,15-16H2,1H3,(H2,21,22,23). The molecule has 0 spiro atoms. The summed E-state index contributed by atoms with van der Waals surface area (Å²) in [6, 6.07) is 8.14. The van der Waals surface area contributed by atoms with E-state index < -0.39 is 0 Å². The smallest absolute Gasteiger partial charge is 0.191 e. The third kappa shape index (κ3) is 6.36. The maximum atomic E-state index is 5.70. The van der Waals surface area contributed by atoms with Crippen molar-refractivity contribution in [3.05, 3.63) is 48.3 Å². The summed E-state index contributed by atoms with van der Waals surface area (Å²) in [6.45, 7) is 4.59. The lowest BCUT2D eigenvalue weighted by Crippen LogP contribution is -2.40. The van der Waals surface area contributed by atoms with Gasteiger partial charge in [-0.15, -0.1) is 0 Å². The number of aliphatic imine (C=N–C) groups is 1. The Bertz CT molecular complexity index is 652. The Hall–Kier alpha value is -1.86. The lowest BCUT2D eigenvalue weighted by atomic mass is 10.2. The second-order valence-corrected chi connectivity index (χ2v) is 7.62. The molecule has 1 unspecified atom stereocenters. The van der Waals surface area contributed by atoms with E-state index in [0.29, 0.717) is 6.54 Å². The summed E-state index contributed by atoms with van der Waals surface area (Å²) in [5.41, 5.74) is 0. The van der Waals surface area contributed by atoms with Crippen LogP contribution in [-0.4, -0.2) is 55.6 Å². The fourth-order valence-corrected chi connectivity index (χ4v) is 3.61. The number of likely N-dealkylation sites (tertiary alicyclic amines) is 1. The molecular formula is C20H30N4O2S. The van der Waals surface area contributed by atoms with E-state index in [2.05, 4.69) is 27.9 Å². The summed E-state index contributed by atoms with van der Waals surface area (Å²) in [7, 11) is 0. The van der Waals surface area contributed by atoms with Gasteiger partial charge >= 0.3 is 0 Å². The van der Waals surface area contributed by atoms with E-state index in [-0.39, 0.29) is 6.04 Å². The van der Waals surface area contributed by atoms with Crippen LogP contribution in [0.1, 0.15) is 30.4 Å². The number of thioether (sulfide) groups is 1. The zero-order valence-corrected chi connectivity index (χ0v) is 16.8. The number of furan rings is 2. The minimum Gasteiger partial charge on any atom is -0.469 e. The molecule has 0 bridgehead atoms. The highest BCUT2D eigenvalue weighted by molar-refractivity contribution is 7.98. The van der Waals surface area contributed by atoms with Crippen LogP contribution >= 0.6 is 11.8 Å². The first-order chi connectivity index (χ1) is 13.4. The largest absolute Gasteiger partial charge is 0.469 e. The summed E-state index contributed by atoms with van der Waals surface area (Å²) in [4.78, 5) is 7.35. The van der Waals surface area contributed by atoms with Crippen molar-refractivity contribution in [1.29, 1.82) is 0 Å². The second kappa shape index (κ2) is 11.1. The predicted octanol–water partition coefficient (Wildman–Crippen LogP) is 3.15. The van der Waals surface area contributed by atoms with Crippen LogP contribution in [0.5, 0.6) is 0 Å². The van der Waals surface area contributed by atoms with E-state index in [1.54, 1.807) is 12.5 Å². The molecule has 2 aromatic rings. The molecule has 2 aromatic heterocycles. The zero-order valence-electron chi connectivity index (χ0n) is 16.0. The Kier molecular flexibility index (Phi) is 8.17. The van der Waals surface area contributed by atoms with Crippen LogP contribution in [0.2, 0.25) is 0 Å². The van der Waals surface area contributed by atoms with Gasteiger partial charge in [0.05, 0.1) is 25.1 Å². The average molecular weight is 391 g/mol. The molecule has 1 saturated heterocycles. The molecule has 2 N–H and O–H groups in total. The van der Waals surface area contributed by atoms with Crippen molar-refractivity contribution in [3.8, 4) is 0 Å². The van der Waals surface area contributed by atoms with Crippen LogP contribution in [0.15, 0.2) is 50.6 Å². The topological polar surface area (TPSA) is 65.9 Å². The van der Waals surface area contributed by atoms with Gasteiger partial charge in [0, 0.05) is 25.3 Å². The quantitative estimate of drug-likeness (QED) is 0.369. The number of nitrogens with zero attached hydrogens (tertiary/aromatic N) is 2. The van der Waals surface area contributed by atoms with Crippen molar-refractivity contribution in [2.75, 3.05) is 44.7 Å². The van der Waals surface area contributed by atoms with Crippen molar-refractivity contribution in [3.63, 3.8) is 0 Å². The predicted molar refractivity (Wildman–Crippen MR) is 111 cm³/mol. The van der Waals surface area contributed by atoms with Crippen LogP contribution in [0.25, 0.3) is 0 Å². The monoisotopic (exact) mass is 390 g/mol. The molecule has 1 aliphatic heterocycles. The number of rotatable bonds is 10. The number of hydrogen-bond donors (Lipinski definition) is 2. The molecular weight excluding hydrogens is 360 g/mol. The zero-order chi connectivity index (χ0) is 18.7. The van der Waals surface area contributed by atoms with Gasteiger partial charge in [0.15, 0.2) is 5.96 Å². The molecule has 1 fully saturated rings. The van der Waals surface area contributed by atoms with Crippen molar-refractivity contribution < 1.29 is 8.83 Å². The molecule has 3 heterocycles. The Labute approximate surface area is 165 Å². The van der Waals surface area contributed by atoms with Crippen LogP contribution in [0.4, 0.5) is 0 Å². The van der Waals surface area contributed by atoms with Gasteiger partial charge in [-0.25, -0.2) is 0 Å². The molecule has 1 aliphatic rings. The molecule has 0 aromatic carbocycles.